The summed E-state index contributed by atoms with van der Waals surface area (Å²) in [5, 5.41) is 0. The smallest absolute Gasteiger partial charge is 0.150 e. The van der Waals surface area contributed by atoms with E-state index in [1.807, 2.05) is 13.0 Å². The number of rotatable bonds is 6. The van der Waals surface area contributed by atoms with Crippen molar-refractivity contribution < 1.29 is 12.6 Å². The zero-order chi connectivity index (χ0) is 13.8. The van der Waals surface area contributed by atoms with Crippen LogP contribution < -0.4 is 5.73 Å². The normalized spacial score (nSPS) is 13.4. The van der Waals surface area contributed by atoms with E-state index < -0.39 is 20.6 Å². The maximum absolute atomic E-state index is 12.1. The third kappa shape index (κ3) is 4.42. The van der Waals surface area contributed by atoms with E-state index in [0.717, 1.165) is 5.56 Å². The van der Waals surface area contributed by atoms with Gasteiger partial charge in [0.1, 0.15) is 9.84 Å². The maximum atomic E-state index is 12.1. The molecule has 1 aromatic carbocycles. The largest absolute Gasteiger partial charge is 0.399 e. The van der Waals surface area contributed by atoms with Crippen molar-refractivity contribution in [2.45, 2.75) is 25.2 Å². The van der Waals surface area contributed by atoms with Crippen LogP contribution in [0.1, 0.15) is 18.9 Å². The van der Waals surface area contributed by atoms with Gasteiger partial charge in [-0.1, -0.05) is 13.0 Å². The van der Waals surface area contributed by atoms with Crippen LogP contribution >= 0.6 is 0 Å². The second-order valence-electron chi connectivity index (χ2n) is 4.16. The standard InChI is InChI=1S/C12H19NO3S2/c1-3-18(15,16)8-4-7-17(14)12-9-11(13)6-5-10(12)2/h5-6,9H,3-4,7-8,13H2,1-2H3. The molecule has 0 aromatic heterocycles. The highest BCUT2D eigenvalue weighted by molar-refractivity contribution is 7.91. The first-order valence-corrected chi connectivity index (χ1v) is 8.94. The molecule has 0 fully saturated rings. The summed E-state index contributed by atoms with van der Waals surface area (Å²) in [7, 11) is -4.16. The Bertz CT molecular complexity index is 538. The molecule has 0 heterocycles. The first-order valence-electron chi connectivity index (χ1n) is 5.80. The van der Waals surface area contributed by atoms with E-state index in [0.29, 0.717) is 22.8 Å². The summed E-state index contributed by atoms with van der Waals surface area (Å²) in [4.78, 5) is 0.698. The lowest BCUT2D eigenvalue weighted by Gasteiger charge is -2.07. The van der Waals surface area contributed by atoms with E-state index in [9.17, 15) is 12.6 Å². The predicted molar refractivity (Wildman–Crippen MR) is 75.8 cm³/mol. The lowest BCUT2D eigenvalue weighted by Crippen LogP contribution is -2.12. The van der Waals surface area contributed by atoms with Gasteiger partial charge in [0.2, 0.25) is 0 Å². The average molecular weight is 289 g/mol. The van der Waals surface area contributed by atoms with Crippen molar-refractivity contribution in [3.05, 3.63) is 23.8 Å². The monoisotopic (exact) mass is 289 g/mol. The van der Waals surface area contributed by atoms with Crippen molar-refractivity contribution in [3.8, 4) is 0 Å². The molecule has 1 atom stereocenters. The highest BCUT2D eigenvalue weighted by Gasteiger charge is 2.11. The lowest BCUT2D eigenvalue weighted by molar-refractivity contribution is 0.596. The minimum absolute atomic E-state index is 0.0939. The molecular formula is C12H19NO3S2. The number of aryl methyl sites for hydroxylation is 1. The van der Waals surface area contributed by atoms with Gasteiger partial charge in [0.05, 0.1) is 16.6 Å². The Morgan fingerprint density at radius 3 is 2.61 bits per heavy atom. The first-order chi connectivity index (χ1) is 8.35. The second-order valence-corrected chi connectivity index (χ2v) is 8.18. The SMILES string of the molecule is CCS(=O)(=O)CCCS(=O)c1cc(N)ccc1C. The zero-order valence-corrected chi connectivity index (χ0v) is 12.3. The number of nitrogen functional groups attached to an aromatic ring is 1. The minimum Gasteiger partial charge on any atom is -0.399 e. The van der Waals surface area contributed by atoms with Crippen LogP contribution in [0.4, 0.5) is 5.69 Å². The minimum atomic E-state index is -2.97. The quantitative estimate of drug-likeness (QED) is 0.805. The summed E-state index contributed by atoms with van der Waals surface area (Å²) >= 11 is 0. The van der Waals surface area contributed by atoms with Gasteiger partial charge in [-0.15, -0.1) is 0 Å². The van der Waals surface area contributed by atoms with Gasteiger partial charge in [-0.25, -0.2) is 8.42 Å². The van der Waals surface area contributed by atoms with Crippen LogP contribution in [0.15, 0.2) is 23.1 Å². The Hall–Kier alpha value is -0.880. The molecule has 102 valence electrons. The van der Waals surface area contributed by atoms with Gasteiger partial charge in [0.25, 0.3) is 0 Å². The molecule has 1 unspecified atom stereocenters. The molecule has 0 saturated heterocycles. The molecule has 6 heteroatoms. The molecule has 0 aliphatic rings. The van der Waals surface area contributed by atoms with Crippen LogP contribution in [-0.4, -0.2) is 29.9 Å². The topological polar surface area (TPSA) is 77.2 Å². The molecule has 18 heavy (non-hydrogen) atoms. The highest BCUT2D eigenvalue weighted by atomic mass is 32.2. The van der Waals surface area contributed by atoms with E-state index >= 15 is 0 Å². The second kappa shape index (κ2) is 6.33. The Balaban J connectivity index is 2.64. The number of nitrogens with two attached hydrogens (primary N) is 1. The molecule has 0 radical (unpaired) electrons. The fraction of sp³-hybridized carbons (Fsp3) is 0.500. The Labute approximate surface area is 111 Å². The van der Waals surface area contributed by atoms with Crippen LogP contribution in [0.3, 0.4) is 0 Å². The van der Waals surface area contributed by atoms with Gasteiger partial charge in [-0.05, 0) is 31.0 Å². The van der Waals surface area contributed by atoms with Crippen molar-refractivity contribution in [2.24, 2.45) is 0 Å². The molecule has 0 bridgehead atoms. The first kappa shape index (κ1) is 15.2. The lowest BCUT2D eigenvalue weighted by atomic mass is 10.2. The van der Waals surface area contributed by atoms with Crippen LogP contribution in [0.25, 0.3) is 0 Å². The fourth-order valence-electron chi connectivity index (χ4n) is 1.53. The van der Waals surface area contributed by atoms with E-state index in [-0.39, 0.29) is 11.5 Å². The summed E-state index contributed by atoms with van der Waals surface area (Å²) in [6.45, 7) is 3.49. The van der Waals surface area contributed by atoms with Crippen molar-refractivity contribution in [1.82, 2.24) is 0 Å². The van der Waals surface area contributed by atoms with Gasteiger partial charge in [0, 0.05) is 22.1 Å². The number of hydrogen-bond donors (Lipinski definition) is 1. The molecule has 0 saturated carbocycles. The van der Waals surface area contributed by atoms with E-state index in [1.165, 1.54) is 0 Å². The van der Waals surface area contributed by atoms with Gasteiger partial charge in [-0.2, -0.15) is 0 Å². The van der Waals surface area contributed by atoms with Crippen molar-refractivity contribution in [2.75, 3.05) is 23.0 Å². The summed E-state index contributed by atoms with van der Waals surface area (Å²) in [6, 6.07) is 5.28. The molecule has 0 aliphatic heterocycles. The van der Waals surface area contributed by atoms with E-state index in [2.05, 4.69) is 0 Å². The molecule has 2 N–H and O–H groups in total. The molecule has 1 aromatic rings. The molecule has 1 rings (SSSR count). The van der Waals surface area contributed by atoms with E-state index in [4.69, 9.17) is 5.73 Å². The predicted octanol–water partition coefficient (Wildman–Crippen LogP) is 1.51. The third-order valence-electron chi connectivity index (χ3n) is 2.68. The molecular weight excluding hydrogens is 270 g/mol. The number of sulfone groups is 1. The molecule has 0 amide bonds. The Morgan fingerprint density at radius 2 is 2.00 bits per heavy atom. The summed E-state index contributed by atoms with van der Waals surface area (Å²) in [6.07, 6.45) is 0.414. The average Bonchev–Trinajstić information content (AvgIpc) is 2.32. The summed E-state index contributed by atoms with van der Waals surface area (Å²) in [5.41, 5.74) is 7.15. The number of hydrogen-bond acceptors (Lipinski definition) is 4. The highest BCUT2D eigenvalue weighted by Crippen LogP contribution is 2.17. The fourth-order valence-corrected chi connectivity index (χ4v) is 3.90. The van der Waals surface area contributed by atoms with Crippen molar-refractivity contribution >= 4 is 26.3 Å². The van der Waals surface area contributed by atoms with Gasteiger partial charge in [0.15, 0.2) is 0 Å². The maximum Gasteiger partial charge on any atom is 0.150 e. The third-order valence-corrected chi connectivity index (χ3v) is 6.06. The van der Waals surface area contributed by atoms with Crippen LogP contribution in [-0.2, 0) is 20.6 Å². The summed E-state index contributed by atoms with van der Waals surface area (Å²) < 4.78 is 34.7. The van der Waals surface area contributed by atoms with Crippen LogP contribution in [0.2, 0.25) is 0 Å². The Kier molecular flexibility index (Phi) is 5.34. The van der Waals surface area contributed by atoms with Crippen LogP contribution in [0, 0.1) is 6.92 Å². The van der Waals surface area contributed by atoms with Crippen molar-refractivity contribution in [3.63, 3.8) is 0 Å². The number of benzene rings is 1. The van der Waals surface area contributed by atoms with Crippen molar-refractivity contribution in [1.29, 1.82) is 0 Å². The van der Waals surface area contributed by atoms with Crippen LogP contribution in [0.5, 0.6) is 0 Å². The van der Waals surface area contributed by atoms with E-state index in [1.54, 1.807) is 19.1 Å². The Morgan fingerprint density at radius 1 is 1.33 bits per heavy atom. The van der Waals surface area contributed by atoms with Gasteiger partial charge < -0.3 is 5.73 Å². The zero-order valence-electron chi connectivity index (χ0n) is 10.7. The summed E-state index contributed by atoms with van der Waals surface area (Å²) in [5.74, 6) is 0.580. The number of anilines is 1. The molecule has 0 spiro atoms. The van der Waals surface area contributed by atoms with Gasteiger partial charge >= 0.3 is 0 Å². The molecule has 0 aliphatic carbocycles. The molecule has 4 nitrogen and oxygen atoms in total. The van der Waals surface area contributed by atoms with Gasteiger partial charge in [-0.3, -0.25) is 4.21 Å².